The van der Waals surface area contributed by atoms with Crippen molar-refractivity contribution in [2.75, 3.05) is 31.6 Å². The second kappa shape index (κ2) is 10.2. The van der Waals surface area contributed by atoms with Gasteiger partial charge in [0.15, 0.2) is 23.2 Å². The number of amides is 1. The Morgan fingerprint density at radius 2 is 1.94 bits per heavy atom. The number of anilines is 1. The summed E-state index contributed by atoms with van der Waals surface area (Å²) in [5.74, 6) is 0.0829. The highest BCUT2D eigenvalue weighted by Gasteiger charge is 2.29. The van der Waals surface area contributed by atoms with Gasteiger partial charge in [0.2, 0.25) is 5.91 Å². The number of fused-ring (bicyclic) bond motifs is 1. The first-order valence-corrected chi connectivity index (χ1v) is 12.0. The van der Waals surface area contributed by atoms with E-state index in [0.717, 1.165) is 23.3 Å². The van der Waals surface area contributed by atoms with Gasteiger partial charge in [-0.15, -0.1) is 0 Å². The SMILES string of the molecule is COCn1ccnc1-c1nc2c(nc1N1CCC(Oc3ccc(F)cc3F)CC1)CCN(C(C)=O)C2. The van der Waals surface area contributed by atoms with Crippen molar-refractivity contribution in [3.63, 3.8) is 0 Å². The predicted octanol–water partition coefficient (Wildman–Crippen LogP) is 3.17. The maximum Gasteiger partial charge on any atom is 0.219 e. The molecule has 36 heavy (non-hydrogen) atoms. The monoisotopic (exact) mass is 498 g/mol. The van der Waals surface area contributed by atoms with Gasteiger partial charge in [-0.1, -0.05) is 0 Å². The van der Waals surface area contributed by atoms with Crippen molar-refractivity contribution in [1.82, 2.24) is 24.4 Å². The number of carbonyl (C=O) groups is 1. The zero-order valence-corrected chi connectivity index (χ0v) is 20.3. The van der Waals surface area contributed by atoms with Crippen LogP contribution in [0.25, 0.3) is 11.5 Å². The third-order valence-corrected chi connectivity index (χ3v) is 6.56. The van der Waals surface area contributed by atoms with Crippen LogP contribution in [0.1, 0.15) is 31.2 Å². The highest BCUT2D eigenvalue weighted by atomic mass is 19.1. The molecule has 1 amide bonds. The fourth-order valence-electron chi connectivity index (χ4n) is 4.67. The summed E-state index contributed by atoms with van der Waals surface area (Å²) < 4.78 is 40.3. The van der Waals surface area contributed by atoms with Crippen molar-refractivity contribution >= 4 is 11.7 Å². The lowest BCUT2D eigenvalue weighted by Gasteiger charge is -2.35. The number of aromatic nitrogens is 4. The average Bonchev–Trinajstić information content (AvgIpc) is 3.33. The van der Waals surface area contributed by atoms with Crippen LogP contribution in [-0.4, -0.2) is 63.2 Å². The lowest BCUT2D eigenvalue weighted by molar-refractivity contribution is -0.129. The fourth-order valence-corrected chi connectivity index (χ4v) is 4.67. The zero-order chi connectivity index (χ0) is 25.2. The van der Waals surface area contributed by atoms with Crippen LogP contribution < -0.4 is 9.64 Å². The number of benzene rings is 1. The molecule has 2 aliphatic heterocycles. The van der Waals surface area contributed by atoms with Crippen LogP contribution >= 0.6 is 0 Å². The largest absolute Gasteiger partial charge is 0.487 e. The van der Waals surface area contributed by atoms with Crippen molar-refractivity contribution in [2.45, 2.75) is 45.6 Å². The van der Waals surface area contributed by atoms with E-state index in [1.54, 1.807) is 25.1 Å². The molecule has 0 saturated carbocycles. The Labute approximate surface area is 207 Å². The van der Waals surface area contributed by atoms with Gasteiger partial charge in [0.25, 0.3) is 0 Å². The maximum absolute atomic E-state index is 14.1. The molecule has 3 aromatic rings. The van der Waals surface area contributed by atoms with Gasteiger partial charge in [0, 0.05) is 71.4 Å². The fraction of sp³-hybridized carbons (Fsp3) is 0.440. The van der Waals surface area contributed by atoms with Crippen LogP contribution in [0.15, 0.2) is 30.6 Å². The molecule has 1 aromatic carbocycles. The Balaban J connectivity index is 1.41. The molecule has 9 nitrogen and oxygen atoms in total. The van der Waals surface area contributed by atoms with E-state index in [-0.39, 0.29) is 17.8 Å². The standard InChI is InChI=1S/C25H28F2N6O3/c1-16(34)32-11-7-20-21(14-32)29-23(24-28-8-12-33(24)15-35-2)25(30-20)31-9-5-18(6-10-31)36-22-4-3-17(26)13-19(22)27/h3-4,8,12-13,18H,5-7,9-11,14-15H2,1-2H3. The third kappa shape index (κ3) is 4.88. The number of hydrogen-bond acceptors (Lipinski definition) is 7. The molecule has 1 saturated heterocycles. The number of methoxy groups -OCH3 is 1. The molecule has 0 aliphatic carbocycles. The first-order valence-electron chi connectivity index (χ1n) is 12.0. The molecule has 0 atom stereocenters. The molecule has 2 aliphatic rings. The molecular formula is C25H28F2N6O3. The Hall–Kier alpha value is -3.60. The van der Waals surface area contributed by atoms with Crippen molar-refractivity contribution in [1.29, 1.82) is 0 Å². The van der Waals surface area contributed by atoms with Crippen LogP contribution in [-0.2, 0) is 29.2 Å². The Bertz CT molecular complexity index is 1260. The van der Waals surface area contributed by atoms with E-state index in [0.29, 0.717) is 63.7 Å². The first kappa shape index (κ1) is 24.1. The number of halogens is 2. The quantitative estimate of drug-likeness (QED) is 0.516. The van der Waals surface area contributed by atoms with Crippen molar-refractivity contribution in [3.8, 4) is 17.3 Å². The minimum Gasteiger partial charge on any atom is -0.487 e. The summed E-state index contributed by atoms with van der Waals surface area (Å²) in [5.41, 5.74) is 2.28. The second-order valence-electron chi connectivity index (χ2n) is 9.00. The molecule has 2 aromatic heterocycles. The van der Waals surface area contributed by atoms with Gasteiger partial charge >= 0.3 is 0 Å². The van der Waals surface area contributed by atoms with Gasteiger partial charge in [-0.2, -0.15) is 0 Å². The van der Waals surface area contributed by atoms with Crippen LogP contribution in [0.5, 0.6) is 5.75 Å². The van der Waals surface area contributed by atoms with Crippen molar-refractivity contribution in [3.05, 3.63) is 53.6 Å². The molecule has 0 spiro atoms. The van der Waals surface area contributed by atoms with Crippen molar-refractivity contribution < 1.29 is 23.0 Å². The van der Waals surface area contributed by atoms with Gasteiger partial charge in [0.05, 0.1) is 17.9 Å². The van der Waals surface area contributed by atoms with Crippen LogP contribution in [0.2, 0.25) is 0 Å². The summed E-state index contributed by atoms with van der Waals surface area (Å²) in [6.07, 6.45) is 5.22. The molecule has 190 valence electrons. The summed E-state index contributed by atoms with van der Waals surface area (Å²) in [4.78, 5) is 30.4. The van der Waals surface area contributed by atoms with Gasteiger partial charge in [-0.3, -0.25) is 4.79 Å². The minimum absolute atomic E-state index is 0.00798. The Morgan fingerprint density at radius 1 is 1.14 bits per heavy atom. The molecule has 11 heteroatoms. The van der Waals surface area contributed by atoms with Gasteiger partial charge in [-0.05, 0) is 12.1 Å². The van der Waals surface area contributed by atoms with E-state index in [2.05, 4.69) is 9.88 Å². The number of carbonyl (C=O) groups excluding carboxylic acids is 1. The third-order valence-electron chi connectivity index (χ3n) is 6.56. The number of rotatable bonds is 6. The van der Waals surface area contributed by atoms with E-state index in [9.17, 15) is 13.6 Å². The van der Waals surface area contributed by atoms with E-state index in [4.69, 9.17) is 19.4 Å². The molecule has 0 bridgehead atoms. The first-order chi connectivity index (χ1) is 17.4. The van der Waals surface area contributed by atoms with Crippen LogP contribution in [0, 0.1) is 11.6 Å². The van der Waals surface area contributed by atoms with E-state index < -0.39 is 11.6 Å². The van der Waals surface area contributed by atoms with E-state index in [1.165, 1.54) is 12.1 Å². The minimum atomic E-state index is -0.704. The predicted molar refractivity (Wildman–Crippen MR) is 127 cm³/mol. The molecule has 5 rings (SSSR count). The molecule has 1 fully saturated rings. The number of ether oxygens (including phenoxy) is 2. The van der Waals surface area contributed by atoms with E-state index >= 15 is 0 Å². The maximum atomic E-state index is 14.1. The molecule has 0 N–H and O–H groups in total. The summed E-state index contributed by atoms with van der Waals surface area (Å²) in [5, 5.41) is 0. The van der Waals surface area contributed by atoms with Gasteiger partial charge in [-0.25, -0.2) is 23.7 Å². The lowest BCUT2D eigenvalue weighted by Crippen LogP contribution is -2.40. The number of piperidine rings is 1. The summed E-state index contributed by atoms with van der Waals surface area (Å²) >= 11 is 0. The molecule has 0 unspecified atom stereocenters. The highest BCUT2D eigenvalue weighted by Crippen LogP contribution is 2.32. The number of hydrogen-bond donors (Lipinski definition) is 0. The summed E-state index contributed by atoms with van der Waals surface area (Å²) in [7, 11) is 1.61. The smallest absolute Gasteiger partial charge is 0.219 e. The second-order valence-corrected chi connectivity index (χ2v) is 9.00. The molecule has 4 heterocycles. The number of nitrogens with zero attached hydrogens (tertiary/aromatic N) is 6. The van der Waals surface area contributed by atoms with Crippen LogP contribution in [0.4, 0.5) is 14.6 Å². The summed E-state index contributed by atoms with van der Waals surface area (Å²) in [6.45, 7) is 4.13. The highest BCUT2D eigenvalue weighted by molar-refractivity contribution is 5.74. The normalized spacial score (nSPS) is 16.2. The summed E-state index contributed by atoms with van der Waals surface area (Å²) in [6, 6.07) is 3.34. The topological polar surface area (TPSA) is 85.6 Å². The van der Waals surface area contributed by atoms with E-state index in [1.807, 2.05) is 10.8 Å². The van der Waals surface area contributed by atoms with Gasteiger partial charge < -0.3 is 23.8 Å². The van der Waals surface area contributed by atoms with Crippen LogP contribution in [0.3, 0.4) is 0 Å². The number of imidazole rings is 1. The van der Waals surface area contributed by atoms with Gasteiger partial charge in [0.1, 0.15) is 24.3 Å². The Kier molecular flexibility index (Phi) is 6.82. The molecule has 0 radical (unpaired) electrons. The average molecular weight is 499 g/mol. The molecular weight excluding hydrogens is 470 g/mol. The zero-order valence-electron chi connectivity index (χ0n) is 20.3. The lowest BCUT2D eigenvalue weighted by atomic mass is 10.1. The Morgan fingerprint density at radius 3 is 2.67 bits per heavy atom. The van der Waals surface area contributed by atoms with Crippen molar-refractivity contribution in [2.24, 2.45) is 0 Å².